The van der Waals surface area contributed by atoms with Crippen LogP contribution in [0.2, 0.25) is 0 Å². The summed E-state index contributed by atoms with van der Waals surface area (Å²) in [6, 6.07) is 35.7. The quantitative estimate of drug-likeness (QED) is 0.113. The van der Waals surface area contributed by atoms with Gasteiger partial charge in [0, 0.05) is 113 Å². The molecule has 2 aliphatic heterocycles. The molecule has 5 aliphatic carbocycles. The summed E-state index contributed by atoms with van der Waals surface area (Å²) in [5.41, 5.74) is 10.6. The van der Waals surface area contributed by atoms with Crippen molar-refractivity contribution in [2.75, 3.05) is 39.5 Å². The number of hydrogen-bond acceptors (Lipinski definition) is 19. The number of aromatic amines is 2. The van der Waals surface area contributed by atoms with Gasteiger partial charge in [-0.05, 0) is 33.6 Å². The third kappa shape index (κ3) is 12.4. The summed E-state index contributed by atoms with van der Waals surface area (Å²) in [5, 5.41) is 9.25. The van der Waals surface area contributed by atoms with Crippen molar-refractivity contribution in [1.29, 1.82) is 0 Å². The van der Waals surface area contributed by atoms with Gasteiger partial charge < -0.3 is 38.2 Å². The molecule has 5 aromatic carbocycles. The Kier molecular flexibility index (Phi) is 19.5. The highest BCUT2D eigenvalue weighted by Crippen LogP contribution is 2.41. The predicted molar refractivity (Wildman–Crippen MR) is 379 cm³/mol. The highest BCUT2D eigenvalue weighted by Gasteiger charge is 2.41. The number of aromatic nitrogens is 10. The average molecular weight is 1390 g/mol. The second-order valence-corrected chi connectivity index (χ2v) is 26.7. The first kappa shape index (κ1) is 70.1. The summed E-state index contributed by atoms with van der Waals surface area (Å²) in [7, 11) is 1.78. The van der Waals surface area contributed by atoms with Crippen molar-refractivity contribution in [2.24, 2.45) is 7.05 Å². The Morgan fingerprint density at radius 2 is 0.874 bits per heavy atom. The summed E-state index contributed by atoms with van der Waals surface area (Å²) in [6.07, 6.45) is 2.50. The monoisotopic (exact) mass is 1390 g/mol. The van der Waals surface area contributed by atoms with Crippen molar-refractivity contribution < 1.29 is 62.5 Å². The fourth-order valence-electron chi connectivity index (χ4n) is 14.1. The normalized spacial score (nSPS) is 16.3. The number of Topliss-reactive ketones (excluding diaryl/α,β-unsaturated/α-hetero) is 10. The van der Waals surface area contributed by atoms with Gasteiger partial charge in [-0.3, -0.25) is 52.8 Å². The van der Waals surface area contributed by atoms with Gasteiger partial charge in [0.2, 0.25) is 28.9 Å². The number of hydrogen-bond donors (Lipinski definition) is 3. The van der Waals surface area contributed by atoms with Gasteiger partial charge in [-0.2, -0.15) is 0 Å². The van der Waals surface area contributed by atoms with Gasteiger partial charge in [-0.1, -0.05) is 156 Å². The lowest BCUT2D eigenvalue weighted by Gasteiger charge is -2.31. The molecule has 5 aromatic heterocycles. The van der Waals surface area contributed by atoms with E-state index in [4.69, 9.17) is 9.47 Å². The van der Waals surface area contributed by atoms with E-state index in [0.717, 1.165) is 66.5 Å². The largest absolute Gasteiger partial charge is 0.395 e. The van der Waals surface area contributed by atoms with Gasteiger partial charge >= 0.3 is 0 Å². The highest BCUT2D eigenvalue weighted by atomic mass is 16.5. The Bertz CT molecular complexity index is 5180. The molecule has 17 rings (SSSR count). The number of ether oxygens (including phenoxy) is 2. The minimum Gasteiger partial charge on any atom is -0.395 e. The number of carbonyl (C=O) groups excluding carboxylic acids is 10. The fraction of sp³-hybridized carbons (Fsp3) is 0.304. The number of imidazole rings is 5. The number of H-pyrrole nitrogens is 2. The molecule has 524 valence electrons. The Morgan fingerprint density at radius 1 is 0.466 bits per heavy atom. The van der Waals surface area contributed by atoms with Gasteiger partial charge in [-0.15, -0.1) is 0 Å². The van der Waals surface area contributed by atoms with Crippen LogP contribution in [-0.2, 0) is 29.5 Å². The number of aliphatic hydroxyl groups is 1. The van der Waals surface area contributed by atoms with E-state index in [-0.39, 0.29) is 43.2 Å². The Labute approximate surface area is 592 Å². The molecule has 2 unspecified atom stereocenters. The summed E-state index contributed by atoms with van der Waals surface area (Å²) in [5.74, 6) is -0.777. The molecule has 0 spiro atoms. The molecule has 7 heterocycles. The number of fused-ring (bicyclic) bond motifs is 15. The summed E-state index contributed by atoms with van der Waals surface area (Å²) in [6.45, 7) is 20.0. The lowest BCUT2D eigenvalue weighted by molar-refractivity contribution is 0.0183. The number of aryl methyl sites for hydroxylation is 1. The maximum atomic E-state index is 12.5. The van der Waals surface area contributed by atoms with E-state index in [9.17, 15) is 53.1 Å². The van der Waals surface area contributed by atoms with Gasteiger partial charge in [0.1, 0.15) is 92.2 Å². The maximum absolute atomic E-state index is 12.5. The first-order chi connectivity index (χ1) is 49.6. The van der Waals surface area contributed by atoms with E-state index < -0.39 is 57.8 Å². The van der Waals surface area contributed by atoms with E-state index in [1.807, 2.05) is 115 Å². The lowest BCUT2D eigenvalue weighted by Crippen LogP contribution is -2.38. The molecule has 0 amide bonds. The number of ketones is 10. The SMILES string of the molecule is CC(C)c1nc2c(n1C(C)C)C(=O)C(=O)c1ccccc1-2.CC(C)c1nc2c(n1CCO)C(=O)C(=O)c1ccccc1-2.CC(c1nc2c([nH]1)C(=O)C(=O)c1ccccc1-2)N1CCOCC1.CCc1nc2c(n1C)C(=O)C(=O)c1ccccc1-2.O=C1C(=O)c2[nH]c(C3CCCO3)nc2-c2ccccc21. The summed E-state index contributed by atoms with van der Waals surface area (Å²) < 4.78 is 16.3. The van der Waals surface area contributed by atoms with E-state index in [0.29, 0.717) is 127 Å². The van der Waals surface area contributed by atoms with Crippen molar-refractivity contribution in [3.05, 3.63) is 207 Å². The molecule has 7 aliphatic rings. The minimum absolute atomic E-state index is 0.0413. The number of nitrogens with zero attached hydrogens (tertiary/aromatic N) is 9. The molecular formula is C79H75N11O13. The third-order valence-corrected chi connectivity index (χ3v) is 19.2. The third-order valence-electron chi connectivity index (χ3n) is 19.2. The molecule has 0 radical (unpaired) electrons. The first-order valence-corrected chi connectivity index (χ1v) is 34.5. The van der Waals surface area contributed by atoms with Crippen molar-refractivity contribution in [2.45, 2.75) is 111 Å². The van der Waals surface area contributed by atoms with Crippen LogP contribution in [0.1, 0.15) is 232 Å². The van der Waals surface area contributed by atoms with Gasteiger partial charge in [-0.25, -0.2) is 24.9 Å². The second-order valence-electron chi connectivity index (χ2n) is 26.7. The van der Waals surface area contributed by atoms with Crippen LogP contribution in [0.3, 0.4) is 0 Å². The van der Waals surface area contributed by atoms with Crippen molar-refractivity contribution in [3.63, 3.8) is 0 Å². The Morgan fingerprint density at radius 3 is 1.32 bits per heavy atom. The molecule has 24 heteroatoms. The molecule has 2 atom stereocenters. The van der Waals surface area contributed by atoms with Crippen molar-refractivity contribution >= 4 is 57.8 Å². The summed E-state index contributed by atoms with van der Waals surface area (Å²) in [4.78, 5) is 154. The lowest BCUT2D eigenvalue weighted by atomic mass is 9.90. The molecular weight excluding hydrogens is 1310 g/mol. The molecule has 10 aromatic rings. The topological polar surface area (TPSA) is 323 Å². The number of aliphatic hydroxyl groups excluding tert-OH is 1. The molecule has 24 nitrogen and oxygen atoms in total. The molecule has 2 fully saturated rings. The molecule has 103 heavy (non-hydrogen) atoms. The van der Waals surface area contributed by atoms with E-state index in [1.165, 1.54) is 0 Å². The Hall–Kier alpha value is -11.3. The van der Waals surface area contributed by atoms with Crippen molar-refractivity contribution in [3.8, 4) is 56.3 Å². The zero-order chi connectivity index (χ0) is 73.0. The number of morpholine rings is 1. The maximum Gasteiger partial charge on any atom is 0.252 e. The van der Waals surface area contributed by atoms with E-state index in [1.54, 1.807) is 82.9 Å². The standard InChI is InChI=1S/C17H17N3O3.C17H18N2O2.C16H16N2O3.C15H12N2O3.C14H12N2O2/c1-10(20-6-8-23-9-7-20)17-18-13-11-4-2-3-5-12(11)15(21)16(22)14(13)19-17;1-9(2)17-18-13-11-7-5-6-8-12(11)15(20)16(21)14(13)19(17)10(3)4;1-9(2)16-17-12-10-5-3-4-6-11(10)14(20)15(21)13(12)18(16)7-8-19;18-13-9-5-2-1-4-8(9)11-12(14(13)19)17-15(16-11)10-6-3-7-20-10;1-3-10-15-11-8-6-4-5-7-9(8)13(17)14(18)12(11)16(10)2/h2-5,10H,6-9H2,1H3,(H,18,19);5-10H,1-4H3;3-6,9,19H,7-8H2,1-2H3;1-2,4-5,10H,3,6-7H2,(H,16,17);4-7H,3H2,1-2H3. The Balaban J connectivity index is 0.000000115. The van der Waals surface area contributed by atoms with Crippen LogP contribution in [0, 0.1) is 0 Å². The van der Waals surface area contributed by atoms with Crippen LogP contribution < -0.4 is 0 Å². The van der Waals surface area contributed by atoms with E-state index >= 15 is 0 Å². The van der Waals surface area contributed by atoms with Gasteiger partial charge in [0.05, 0.1) is 25.9 Å². The van der Waals surface area contributed by atoms with Crippen molar-refractivity contribution in [1.82, 2.24) is 53.5 Å². The molecule has 2 saturated heterocycles. The van der Waals surface area contributed by atoms with Crippen LogP contribution in [0.15, 0.2) is 121 Å². The first-order valence-electron chi connectivity index (χ1n) is 34.5. The number of rotatable bonds is 9. The number of benzene rings is 5. The zero-order valence-electron chi connectivity index (χ0n) is 58.4. The number of nitrogens with one attached hydrogen (secondary N) is 2. The molecule has 0 saturated carbocycles. The van der Waals surface area contributed by atoms with E-state index in [2.05, 4.69) is 39.8 Å². The van der Waals surface area contributed by atoms with Crippen LogP contribution in [0.25, 0.3) is 56.3 Å². The summed E-state index contributed by atoms with van der Waals surface area (Å²) >= 11 is 0. The molecule has 3 N–H and O–H groups in total. The van der Waals surface area contributed by atoms with Gasteiger partial charge in [0.15, 0.2) is 0 Å². The number of carbonyl (C=O) groups is 10. The minimum atomic E-state index is -0.545. The van der Waals surface area contributed by atoms with Crippen LogP contribution in [0.4, 0.5) is 0 Å². The second kappa shape index (κ2) is 28.6. The molecule has 0 bridgehead atoms. The average Bonchev–Trinajstić information content (AvgIpc) is 1.62. The highest BCUT2D eigenvalue weighted by molar-refractivity contribution is 6.55. The predicted octanol–water partition coefficient (Wildman–Crippen LogP) is 11.9. The zero-order valence-corrected chi connectivity index (χ0v) is 58.4. The smallest absolute Gasteiger partial charge is 0.252 e. The fourth-order valence-corrected chi connectivity index (χ4v) is 14.1. The van der Waals surface area contributed by atoms with Crippen LogP contribution in [0.5, 0.6) is 0 Å². The van der Waals surface area contributed by atoms with Gasteiger partial charge in [0.25, 0.3) is 28.9 Å². The van der Waals surface area contributed by atoms with Crippen LogP contribution in [-0.4, -0.2) is 156 Å². The van der Waals surface area contributed by atoms with Crippen LogP contribution >= 0.6 is 0 Å².